The fraction of sp³-hybridized carbons (Fsp3) is 0.286. The number of aromatic nitrogens is 2. The molecule has 0 spiro atoms. The number of nitrogen functional groups attached to an aromatic ring is 1. The van der Waals surface area contributed by atoms with Crippen molar-refractivity contribution in [3.8, 4) is 0 Å². The van der Waals surface area contributed by atoms with Gasteiger partial charge in [0.25, 0.3) is 0 Å². The molecule has 0 aliphatic heterocycles. The van der Waals surface area contributed by atoms with Gasteiger partial charge in [0.1, 0.15) is 17.5 Å². The summed E-state index contributed by atoms with van der Waals surface area (Å²) >= 11 is 0. The van der Waals surface area contributed by atoms with Crippen LogP contribution < -0.4 is 11.1 Å². The molecule has 0 aliphatic carbocycles. The first-order valence-corrected chi connectivity index (χ1v) is 6.38. The van der Waals surface area contributed by atoms with Crippen molar-refractivity contribution < 1.29 is 13.2 Å². The van der Waals surface area contributed by atoms with Crippen molar-refractivity contribution in [1.29, 1.82) is 0 Å². The van der Waals surface area contributed by atoms with Gasteiger partial charge in [0.05, 0.1) is 5.56 Å². The number of nitrogens with one attached hydrogen (secondary N) is 1. The maximum atomic E-state index is 12.5. The zero-order valence-electron chi connectivity index (χ0n) is 11.6. The average molecular weight is 296 g/mol. The van der Waals surface area contributed by atoms with Crippen LogP contribution in [0.3, 0.4) is 0 Å². The molecule has 0 aliphatic rings. The van der Waals surface area contributed by atoms with Crippen molar-refractivity contribution in [3.05, 3.63) is 41.2 Å². The molecule has 0 radical (unpaired) electrons. The highest BCUT2D eigenvalue weighted by atomic mass is 19.4. The van der Waals surface area contributed by atoms with E-state index in [0.717, 1.165) is 12.1 Å². The minimum atomic E-state index is -4.34. The molecule has 0 amide bonds. The first-order chi connectivity index (χ1) is 9.81. The van der Waals surface area contributed by atoms with E-state index in [-0.39, 0.29) is 0 Å². The quantitative estimate of drug-likeness (QED) is 0.906. The van der Waals surface area contributed by atoms with Gasteiger partial charge in [0, 0.05) is 17.7 Å². The number of rotatable bonds is 3. The van der Waals surface area contributed by atoms with E-state index >= 15 is 0 Å². The number of anilines is 3. The van der Waals surface area contributed by atoms with E-state index in [2.05, 4.69) is 15.3 Å². The Kier molecular flexibility index (Phi) is 4.02. The molecule has 1 heterocycles. The van der Waals surface area contributed by atoms with Crippen molar-refractivity contribution in [2.24, 2.45) is 0 Å². The van der Waals surface area contributed by atoms with Gasteiger partial charge in [0.2, 0.25) is 0 Å². The molecule has 1 aromatic carbocycles. The van der Waals surface area contributed by atoms with Gasteiger partial charge in [-0.25, -0.2) is 9.97 Å². The highest BCUT2D eigenvalue weighted by Crippen LogP contribution is 2.30. The predicted octanol–water partition coefficient (Wildman–Crippen LogP) is 3.69. The van der Waals surface area contributed by atoms with E-state index in [9.17, 15) is 13.2 Å². The highest BCUT2D eigenvalue weighted by Gasteiger charge is 2.29. The van der Waals surface area contributed by atoms with Gasteiger partial charge in [-0.2, -0.15) is 13.2 Å². The second kappa shape index (κ2) is 5.59. The first kappa shape index (κ1) is 15.1. The normalized spacial score (nSPS) is 11.5. The fourth-order valence-electron chi connectivity index (χ4n) is 1.74. The lowest BCUT2D eigenvalue weighted by Crippen LogP contribution is -2.07. The number of alkyl halides is 3. The molecule has 0 saturated heterocycles. The van der Waals surface area contributed by atoms with Gasteiger partial charge < -0.3 is 11.1 Å². The lowest BCUT2D eigenvalue weighted by molar-refractivity contribution is -0.137. The SMILES string of the molecule is CCc1nc(N)c(C)c(Nc2ccc(C(F)(F)F)cc2)n1. The van der Waals surface area contributed by atoms with E-state index < -0.39 is 11.7 Å². The summed E-state index contributed by atoms with van der Waals surface area (Å²) in [5.74, 6) is 1.43. The molecule has 0 bridgehead atoms. The monoisotopic (exact) mass is 296 g/mol. The van der Waals surface area contributed by atoms with Crippen LogP contribution in [0.25, 0.3) is 0 Å². The van der Waals surface area contributed by atoms with Crippen LogP contribution in [-0.2, 0) is 12.6 Å². The Morgan fingerprint density at radius 3 is 2.29 bits per heavy atom. The molecular formula is C14H15F3N4. The van der Waals surface area contributed by atoms with E-state index in [0.29, 0.717) is 35.1 Å². The summed E-state index contributed by atoms with van der Waals surface area (Å²) in [6.45, 7) is 3.65. The molecule has 112 valence electrons. The van der Waals surface area contributed by atoms with E-state index in [4.69, 9.17) is 5.73 Å². The van der Waals surface area contributed by atoms with Crippen LogP contribution in [0.2, 0.25) is 0 Å². The number of hydrogen-bond donors (Lipinski definition) is 2. The van der Waals surface area contributed by atoms with Crippen molar-refractivity contribution in [3.63, 3.8) is 0 Å². The molecule has 0 unspecified atom stereocenters. The number of benzene rings is 1. The minimum Gasteiger partial charge on any atom is -0.383 e. The Bertz CT molecular complexity index is 636. The van der Waals surface area contributed by atoms with Crippen LogP contribution >= 0.6 is 0 Å². The molecule has 7 heteroatoms. The van der Waals surface area contributed by atoms with Crippen molar-refractivity contribution >= 4 is 17.3 Å². The summed E-state index contributed by atoms with van der Waals surface area (Å²) in [4.78, 5) is 8.41. The summed E-state index contributed by atoms with van der Waals surface area (Å²) in [5, 5.41) is 2.97. The van der Waals surface area contributed by atoms with Gasteiger partial charge in [-0.15, -0.1) is 0 Å². The molecule has 3 N–H and O–H groups in total. The van der Waals surface area contributed by atoms with Gasteiger partial charge in [-0.1, -0.05) is 6.92 Å². The molecular weight excluding hydrogens is 281 g/mol. The number of nitrogens with two attached hydrogens (primary N) is 1. The zero-order valence-corrected chi connectivity index (χ0v) is 11.6. The Balaban J connectivity index is 2.28. The second-order valence-electron chi connectivity index (χ2n) is 4.55. The summed E-state index contributed by atoms with van der Waals surface area (Å²) in [5.41, 5.74) is 6.26. The van der Waals surface area contributed by atoms with E-state index in [1.807, 2.05) is 6.92 Å². The van der Waals surface area contributed by atoms with Gasteiger partial charge >= 0.3 is 6.18 Å². The maximum Gasteiger partial charge on any atom is 0.416 e. The Morgan fingerprint density at radius 1 is 1.14 bits per heavy atom. The number of aryl methyl sites for hydroxylation is 1. The number of nitrogens with zero attached hydrogens (tertiary/aromatic N) is 2. The molecule has 4 nitrogen and oxygen atoms in total. The third-order valence-corrected chi connectivity index (χ3v) is 3.02. The lowest BCUT2D eigenvalue weighted by atomic mass is 10.2. The van der Waals surface area contributed by atoms with Crippen molar-refractivity contribution in [2.45, 2.75) is 26.4 Å². The van der Waals surface area contributed by atoms with Crippen LogP contribution in [0.1, 0.15) is 23.9 Å². The second-order valence-corrected chi connectivity index (χ2v) is 4.55. The standard InChI is InChI=1S/C14H15F3N4/c1-3-11-20-12(18)8(2)13(21-11)19-10-6-4-9(5-7-10)14(15,16)17/h4-7H,3H2,1-2H3,(H3,18,19,20,21). The van der Waals surface area contributed by atoms with Crippen LogP contribution in [0, 0.1) is 6.92 Å². The number of halogens is 3. The Labute approximate surface area is 120 Å². The summed E-state index contributed by atoms with van der Waals surface area (Å²) in [6.07, 6.45) is -3.73. The van der Waals surface area contributed by atoms with Gasteiger partial charge in [-0.3, -0.25) is 0 Å². The van der Waals surface area contributed by atoms with Gasteiger partial charge in [-0.05, 0) is 31.2 Å². The van der Waals surface area contributed by atoms with Gasteiger partial charge in [0.15, 0.2) is 0 Å². The first-order valence-electron chi connectivity index (χ1n) is 6.38. The Hall–Kier alpha value is -2.31. The molecule has 0 fully saturated rings. The largest absolute Gasteiger partial charge is 0.416 e. The lowest BCUT2D eigenvalue weighted by Gasteiger charge is -2.12. The van der Waals surface area contributed by atoms with Crippen molar-refractivity contribution in [2.75, 3.05) is 11.1 Å². The molecule has 1 aromatic heterocycles. The third-order valence-electron chi connectivity index (χ3n) is 3.02. The van der Waals surface area contributed by atoms with Crippen molar-refractivity contribution in [1.82, 2.24) is 9.97 Å². The van der Waals surface area contributed by atoms with E-state index in [1.54, 1.807) is 6.92 Å². The molecule has 2 rings (SSSR count). The topological polar surface area (TPSA) is 63.8 Å². The predicted molar refractivity (Wildman–Crippen MR) is 75.3 cm³/mol. The molecule has 21 heavy (non-hydrogen) atoms. The average Bonchev–Trinajstić information content (AvgIpc) is 2.43. The smallest absolute Gasteiger partial charge is 0.383 e. The maximum absolute atomic E-state index is 12.5. The summed E-state index contributed by atoms with van der Waals surface area (Å²) in [7, 11) is 0. The van der Waals surface area contributed by atoms with Crippen LogP contribution in [0.5, 0.6) is 0 Å². The summed E-state index contributed by atoms with van der Waals surface area (Å²) < 4.78 is 37.5. The molecule has 2 aromatic rings. The van der Waals surface area contributed by atoms with Crippen LogP contribution in [0.15, 0.2) is 24.3 Å². The van der Waals surface area contributed by atoms with Crippen LogP contribution in [0.4, 0.5) is 30.5 Å². The minimum absolute atomic E-state index is 0.358. The molecule has 0 atom stereocenters. The summed E-state index contributed by atoms with van der Waals surface area (Å²) in [6, 6.07) is 4.74. The Morgan fingerprint density at radius 2 is 1.76 bits per heavy atom. The number of hydrogen-bond acceptors (Lipinski definition) is 4. The third kappa shape index (κ3) is 3.42. The fourth-order valence-corrected chi connectivity index (χ4v) is 1.74. The molecule has 0 saturated carbocycles. The van der Waals surface area contributed by atoms with E-state index in [1.165, 1.54) is 12.1 Å². The highest BCUT2D eigenvalue weighted by molar-refractivity contribution is 5.63. The van der Waals surface area contributed by atoms with Crippen LogP contribution in [-0.4, -0.2) is 9.97 Å². The zero-order chi connectivity index (χ0) is 15.6.